The van der Waals surface area contributed by atoms with Crippen molar-refractivity contribution in [2.24, 2.45) is 0 Å². The molecule has 0 aliphatic carbocycles. The summed E-state index contributed by atoms with van der Waals surface area (Å²) in [4.78, 5) is 33.4. The number of nitrogens with zero attached hydrogens (tertiary/aromatic N) is 2. The second-order valence-electron chi connectivity index (χ2n) is 11.6. The molecular formula is C37H47F3N2O5. The van der Waals surface area contributed by atoms with Crippen molar-refractivity contribution in [3.8, 4) is 28.3 Å². The van der Waals surface area contributed by atoms with Gasteiger partial charge in [0.05, 0.1) is 25.2 Å². The van der Waals surface area contributed by atoms with Crippen molar-refractivity contribution in [3.05, 3.63) is 66.5 Å². The highest BCUT2D eigenvalue weighted by molar-refractivity contribution is 5.90. The first-order valence-electron chi connectivity index (χ1n) is 16.8. The Morgan fingerprint density at radius 3 is 1.79 bits per heavy atom. The van der Waals surface area contributed by atoms with Crippen LogP contribution in [0, 0.1) is 0 Å². The number of hydrogen-bond donors (Lipinski definition) is 0. The Balaban J connectivity index is 1.49. The van der Waals surface area contributed by atoms with Gasteiger partial charge in [-0.15, -0.1) is 0 Å². The summed E-state index contributed by atoms with van der Waals surface area (Å²) in [6.07, 6.45) is 7.64. The molecular weight excluding hydrogens is 609 g/mol. The number of esters is 2. The molecule has 0 fully saturated rings. The predicted molar refractivity (Wildman–Crippen MR) is 176 cm³/mol. The highest BCUT2D eigenvalue weighted by Gasteiger charge is 2.44. The van der Waals surface area contributed by atoms with Gasteiger partial charge in [-0.1, -0.05) is 102 Å². The van der Waals surface area contributed by atoms with Crippen LogP contribution in [0.5, 0.6) is 5.75 Å². The van der Waals surface area contributed by atoms with Gasteiger partial charge in [-0.25, -0.2) is 14.8 Å². The van der Waals surface area contributed by atoms with Gasteiger partial charge in [0.2, 0.25) is 6.10 Å². The number of halogens is 3. The van der Waals surface area contributed by atoms with Crippen molar-refractivity contribution >= 4 is 11.9 Å². The van der Waals surface area contributed by atoms with Crippen LogP contribution in [0.4, 0.5) is 13.2 Å². The molecule has 1 aromatic heterocycles. The van der Waals surface area contributed by atoms with Crippen molar-refractivity contribution < 1.29 is 37.0 Å². The van der Waals surface area contributed by atoms with Crippen LogP contribution in [-0.2, 0) is 14.3 Å². The number of unbranched alkanes of at least 4 members (excludes halogenated alkanes) is 10. The summed E-state index contributed by atoms with van der Waals surface area (Å²) in [6.45, 7) is 5.04. The Hall–Kier alpha value is -3.95. The second-order valence-corrected chi connectivity index (χ2v) is 11.6. The number of carbonyl (C=O) groups excluding carboxylic acids is 2. The van der Waals surface area contributed by atoms with Crippen molar-refractivity contribution in [2.45, 2.75) is 110 Å². The van der Waals surface area contributed by atoms with E-state index in [2.05, 4.69) is 23.8 Å². The molecule has 3 aromatic rings. The summed E-state index contributed by atoms with van der Waals surface area (Å²) >= 11 is 0. The van der Waals surface area contributed by atoms with Crippen molar-refractivity contribution in [3.63, 3.8) is 0 Å². The lowest BCUT2D eigenvalue weighted by Gasteiger charge is -2.20. The zero-order chi connectivity index (χ0) is 33.9. The highest BCUT2D eigenvalue weighted by Crippen LogP contribution is 2.28. The molecule has 0 saturated heterocycles. The average molecular weight is 657 g/mol. The highest BCUT2D eigenvalue weighted by atomic mass is 19.4. The van der Waals surface area contributed by atoms with Crippen LogP contribution < -0.4 is 4.74 Å². The number of benzene rings is 2. The minimum atomic E-state index is -4.93. The van der Waals surface area contributed by atoms with Crippen LogP contribution in [0.1, 0.15) is 108 Å². The van der Waals surface area contributed by atoms with Crippen molar-refractivity contribution in [1.82, 2.24) is 9.97 Å². The normalized spacial score (nSPS) is 12.0. The molecule has 0 aliphatic rings. The summed E-state index contributed by atoms with van der Waals surface area (Å²) < 4.78 is 56.2. The molecule has 47 heavy (non-hydrogen) atoms. The fourth-order valence-corrected chi connectivity index (χ4v) is 4.90. The number of alkyl halides is 3. The molecule has 0 radical (unpaired) electrons. The standard InChI is InChI=1S/C37H47F3N2O5/c1-3-5-7-9-11-13-23-45-32-21-19-28(20-22-32)31-26-41-35(42-27-31)29-15-17-30(18-16-29)36(44)47-33(37(38,39)40)25-34(43)46-24-14-12-10-8-6-4-2/h15-22,26-27,33H,3-14,23-25H2,1-2H3. The van der Waals surface area contributed by atoms with Gasteiger partial charge in [0, 0.05) is 23.5 Å². The Kier molecular flexibility index (Phi) is 16.2. The number of hydrogen-bond acceptors (Lipinski definition) is 7. The number of rotatable bonds is 21. The van der Waals surface area contributed by atoms with Crippen LogP contribution in [0.3, 0.4) is 0 Å². The Morgan fingerprint density at radius 1 is 0.681 bits per heavy atom. The third kappa shape index (κ3) is 13.7. The van der Waals surface area contributed by atoms with Gasteiger partial charge in [-0.3, -0.25) is 4.79 Å². The molecule has 0 spiro atoms. The van der Waals surface area contributed by atoms with Crippen LogP contribution in [0.15, 0.2) is 60.9 Å². The Morgan fingerprint density at radius 2 is 1.21 bits per heavy atom. The molecule has 0 amide bonds. The predicted octanol–water partition coefficient (Wildman–Crippen LogP) is 9.93. The van der Waals surface area contributed by atoms with Crippen LogP contribution >= 0.6 is 0 Å². The second kappa shape index (κ2) is 20.3. The van der Waals surface area contributed by atoms with Gasteiger partial charge >= 0.3 is 18.1 Å². The fourth-order valence-electron chi connectivity index (χ4n) is 4.90. The molecule has 7 nitrogen and oxygen atoms in total. The first kappa shape index (κ1) is 37.5. The third-order valence-electron chi connectivity index (χ3n) is 7.71. The molecule has 1 heterocycles. The summed E-state index contributed by atoms with van der Waals surface area (Å²) in [5.41, 5.74) is 2.20. The van der Waals surface area contributed by atoms with Gasteiger partial charge in [0.25, 0.3) is 0 Å². The Bertz CT molecular complexity index is 1330. The van der Waals surface area contributed by atoms with E-state index < -0.39 is 30.6 Å². The molecule has 1 atom stereocenters. The maximum atomic E-state index is 13.6. The summed E-state index contributed by atoms with van der Waals surface area (Å²) in [5.74, 6) is -1.06. The van der Waals surface area contributed by atoms with Gasteiger partial charge < -0.3 is 14.2 Å². The zero-order valence-corrected chi connectivity index (χ0v) is 27.5. The van der Waals surface area contributed by atoms with Gasteiger partial charge in [0.1, 0.15) is 5.75 Å². The topological polar surface area (TPSA) is 87.6 Å². The maximum absolute atomic E-state index is 13.6. The average Bonchev–Trinajstić information content (AvgIpc) is 3.07. The molecule has 0 N–H and O–H groups in total. The van der Waals surface area contributed by atoms with E-state index in [1.165, 1.54) is 56.4 Å². The van der Waals surface area contributed by atoms with E-state index in [0.717, 1.165) is 55.4 Å². The van der Waals surface area contributed by atoms with Gasteiger partial charge in [-0.2, -0.15) is 13.2 Å². The van der Waals surface area contributed by atoms with Crippen molar-refractivity contribution in [1.29, 1.82) is 0 Å². The van der Waals surface area contributed by atoms with E-state index in [9.17, 15) is 22.8 Å². The summed E-state index contributed by atoms with van der Waals surface area (Å²) in [6, 6.07) is 13.4. The van der Waals surface area contributed by atoms with E-state index in [1.54, 1.807) is 12.4 Å². The largest absolute Gasteiger partial charge is 0.494 e. The third-order valence-corrected chi connectivity index (χ3v) is 7.71. The van der Waals surface area contributed by atoms with Crippen LogP contribution in [0.2, 0.25) is 0 Å². The van der Waals surface area contributed by atoms with E-state index in [0.29, 0.717) is 24.4 Å². The zero-order valence-electron chi connectivity index (χ0n) is 27.5. The van der Waals surface area contributed by atoms with E-state index in [4.69, 9.17) is 14.2 Å². The molecule has 2 aromatic carbocycles. The minimum Gasteiger partial charge on any atom is -0.494 e. The van der Waals surface area contributed by atoms with Gasteiger partial charge in [0.15, 0.2) is 5.82 Å². The van der Waals surface area contributed by atoms with Crippen LogP contribution in [-0.4, -0.2) is 47.4 Å². The monoisotopic (exact) mass is 656 g/mol. The number of carbonyl (C=O) groups is 2. The Labute approximate surface area is 276 Å². The molecule has 3 rings (SSSR count). The van der Waals surface area contributed by atoms with Gasteiger partial charge in [-0.05, 0) is 42.7 Å². The molecule has 1 unspecified atom stereocenters. The SMILES string of the molecule is CCCCCCCCOC(=O)CC(OC(=O)c1ccc(-c2ncc(-c3ccc(OCCCCCCCC)cc3)cn2)cc1)C(F)(F)F. The molecule has 0 aliphatic heterocycles. The van der Waals surface area contributed by atoms with E-state index in [1.807, 2.05) is 24.3 Å². The van der Waals surface area contributed by atoms with E-state index in [-0.39, 0.29) is 12.2 Å². The molecule has 0 saturated carbocycles. The summed E-state index contributed by atoms with van der Waals surface area (Å²) in [7, 11) is 0. The quantitative estimate of drug-likeness (QED) is 0.0833. The smallest absolute Gasteiger partial charge is 0.426 e. The van der Waals surface area contributed by atoms with Crippen molar-refractivity contribution in [2.75, 3.05) is 13.2 Å². The summed E-state index contributed by atoms with van der Waals surface area (Å²) in [5, 5.41) is 0. The molecule has 256 valence electrons. The first-order chi connectivity index (χ1) is 22.7. The lowest BCUT2D eigenvalue weighted by atomic mass is 10.1. The fraction of sp³-hybridized carbons (Fsp3) is 0.514. The lowest BCUT2D eigenvalue weighted by Crippen LogP contribution is -2.36. The van der Waals surface area contributed by atoms with Crippen LogP contribution in [0.25, 0.3) is 22.5 Å². The lowest BCUT2D eigenvalue weighted by molar-refractivity contribution is -0.210. The maximum Gasteiger partial charge on any atom is 0.426 e. The number of ether oxygens (including phenoxy) is 3. The minimum absolute atomic E-state index is 0.0363. The first-order valence-corrected chi connectivity index (χ1v) is 16.8. The number of aromatic nitrogens is 2. The van der Waals surface area contributed by atoms with E-state index >= 15 is 0 Å². The molecule has 0 bridgehead atoms. The molecule has 10 heteroatoms.